The van der Waals surface area contributed by atoms with Crippen molar-refractivity contribution in [3.63, 3.8) is 0 Å². The number of ether oxygens (including phenoxy) is 2. The van der Waals surface area contributed by atoms with Gasteiger partial charge >= 0.3 is 0 Å². The van der Waals surface area contributed by atoms with Crippen LogP contribution in [-0.4, -0.2) is 42.8 Å². The molecular formula is C20H20N2O4. The van der Waals surface area contributed by atoms with Crippen LogP contribution in [-0.2, 0) is 16.0 Å². The number of methoxy groups -OCH3 is 1. The Kier molecular flexibility index (Phi) is 4.58. The zero-order valence-corrected chi connectivity index (χ0v) is 14.6. The van der Waals surface area contributed by atoms with Crippen LogP contribution in [0.25, 0.3) is 11.0 Å². The highest BCUT2D eigenvalue weighted by molar-refractivity contribution is 5.86. The second kappa shape index (κ2) is 7.17. The molecule has 1 aliphatic rings. The molecule has 26 heavy (non-hydrogen) atoms. The second-order valence-electron chi connectivity index (χ2n) is 6.28. The molecular weight excluding hydrogens is 332 g/mol. The topological polar surface area (TPSA) is 64.8 Å². The van der Waals surface area contributed by atoms with Crippen molar-refractivity contribution in [3.05, 3.63) is 59.8 Å². The van der Waals surface area contributed by atoms with Gasteiger partial charge in [-0.05, 0) is 29.8 Å². The van der Waals surface area contributed by atoms with Crippen molar-refractivity contribution in [3.8, 4) is 5.75 Å². The van der Waals surface area contributed by atoms with Crippen LogP contribution in [0.4, 0.5) is 0 Å². The van der Waals surface area contributed by atoms with Crippen LogP contribution in [0, 0.1) is 0 Å². The number of rotatable bonds is 4. The fourth-order valence-corrected chi connectivity index (χ4v) is 3.24. The molecule has 4 rings (SSSR count). The molecule has 0 N–H and O–H groups in total. The molecule has 0 bridgehead atoms. The number of aromatic nitrogens is 1. The molecule has 1 unspecified atom stereocenters. The highest BCUT2D eigenvalue weighted by Crippen LogP contribution is 2.26. The molecule has 1 aliphatic heterocycles. The Balaban J connectivity index is 1.47. The lowest BCUT2D eigenvalue weighted by molar-refractivity contribution is -0.138. The first kappa shape index (κ1) is 16.6. The van der Waals surface area contributed by atoms with Crippen molar-refractivity contribution in [2.75, 3.05) is 26.8 Å². The van der Waals surface area contributed by atoms with Crippen molar-refractivity contribution < 1.29 is 18.8 Å². The molecule has 1 fully saturated rings. The largest absolute Gasteiger partial charge is 0.497 e. The summed E-state index contributed by atoms with van der Waals surface area (Å²) in [6.07, 6.45) is 0.0684. The normalized spacial score (nSPS) is 17.4. The Morgan fingerprint density at radius 1 is 1.27 bits per heavy atom. The molecule has 2 aromatic carbocycles. The summed E-state index contributed by atoms with van der Waals surface area (Å²) in [5.74, 6) is 0.809. The van der Waals surface area contributed by atoms with Crippen molar-refractivity contribution in [2.45, 2.75) is 12.5 Å². The molecule has 0 aliphatic carbocycles. The lowest BCUT2D eigenvalue weighted by Gasteiger charge is -2.33. The van der Waals surface area contributed by atoms with E-state index in [1.807, 2.05) is 53.4 Å². The van der Waals surface area contributed by atoms with Crippen LogP contribution in [0.15, 0.2) is 53.1 Å². The van der Waals surface area contributed by atoms with Gasteiger partial charge in [0.1, 0.15) is 17.5 Å². The third-order valence-electron chi connectivity index (χ3n) is 4.66. The number of amides is 1. The number of hydrogen-bond acceptors (Lipinski definition) is 5. The standard InChI is InChI=1S/C20H20N2O4/c1-24-15-6-4-5-14(11-15)19-13-22(9-10-25-19)20(23)12-17-16-7-2-3-8-18(16)26-21-17/h2-8,11,19H,9-10,12-13H2,1H3. The van der Waals surface area contributed by atoms with Crippen molar-refractivity contribution in [2.24, 2.45) is 0 Å². The Morgan fingerprint density at radius 3 is 3.04 bits per heavy atom. The lowest BCUT2D eigenvalue weighted by Crippen LogP contribution is -2.43. The van der Waals surface area contributed by atoms with E-state index in [1.54, 1.807) is 7.11 Å². The average Bonchev–Trinajstić information content (AvgIpc) is 3.11. The van der Waals surface area contributed by atoms with Crippen molar-refractivity contribution >= 4 is 16.9 Å². The van der Waals surface area contributed by atoms with Crippen LogP contribution in [0.1, 0.15) is 17.4 Å². The molecule has 1 aromatic heterocycles. The molecule has 6 nitrogen and oxygen atoms in total. The zero-order valence-electron chi connectivity index (χ0n) is 14.6. The van der Waals surface area contributed by atoms with Gasteiger partial charge in [0.05, 0.1) is 26.7 Å². The van der Waals surface area contributed by atoms with Gasteiger partial charge in [-0.25, -0.2) is 0 Å². The minimum atomic E-state index is -0.156. The number of carbonyl (C=O) groups excluding carboxylic acids is 1. The van der Waals surface area contributed by atoms with E-state index in [-0.39, 0.29) is 18.4 Å². The maximum Gasteiger partial charge on any atom is 0.228 e. The van der Waals surface area contributed by atoms with Gasteiger partial charge in [0.2, 0.25) is 5.91 Å². The lowest BCUT2D eigenvalue weighted by atomic mass is 10.1. The van der Waals surface area contributed by atoms with Crippen LogP contribution in [0.5, 0.6) is 5.75 Å². The Hall–Kier alpha value is -2.86. The fraction of sp³-hybridized carbons (Fsp3) is 0.300. The third kappa shape index (κ3) is 3.28. The average molecular weight is 352 g/mol. The van der Waals surface area contributed by atoms with Gasteiger partial charge in [0.15, 0.2) is 5.58 Å². The van der Waals surface area contributed by atoms with Gasteiger partial charge in [0, 0.05) is 11.9 Å². The molecule has 2 heterocycles. The summed E-state index contributed by atoms with van der Waals surface area (Å²) in [5, 5.41) is 4.95. The summed E-state index contributed by atoms with van der Waals surface area (Å²) in [4.78, 5) is 14.6. The van der Waals surface area contributed by atoms with Gasteiger partial charge in [-0.2, -0.15) is 0 Å². The van der Waals surface area contributed by atoms with Crippen molar-refractivity contribution in [1.82, 2.24) is 10.1 Å². The maximum absolute atomic E-state index is 12.8. The van der Waals surface area contributed by atoms with Crippen LogP contribution in [0.3, 0.4) is 0 Å². The van der Waals surface area contributed by atoms with Gasteiger partial charge < -0.3 is 18.9 Å². The molecule has 6 heteroatoms. The number of para-hydroxylation sites is 1. The van der Waals surface area contributed by atoms with E-state index in [4.69, 9.17) is 14.0 Å². The minimum Gasteiger partial charge on any atom is -0.497 e. The predicted molar refractivity (Wildman–Crippen MR) is 96.0 cm³/mol. The van der Waals surface area contributed by atoms with Gasteiger partial charge in [-0.1, -0.05) is 29.4 Å². The van der Waals surface area contributed by atoms with Crippen LogP contribution < -0.4 is 4.74 Å². The Morgan fingerprint density at radius 2 is 2.15 bits per heavy atom. The summed E-state index contributed by atoms with van der Waals surface area (Å²) in [6, 6.07) is 15.3. The Bertz CT molecular complexity index is 921. The number of carbonyl (C=O) groups is 1. The first-order chi connectivity index (χ1) is 12.7. The highest BCUT2D eigenvalue weighted by atomic mass is 16.5. The van der Waals surface area contributed by atoms with E-state index >= 15 is 0 Å². The first-order valence-corrected chi connectivity index (χ1v) is 8.61. The van der Waals surface area contributed by atoms with Gasteiger partial charge in [-0.3, -0.25) is 4.79 Å². The second-order valence-corrected chi connectivity index (χ2v) is 6.28. The number of benzene rings is 2. The molecule has 134 valence electrons. The summed E-state index contributed by atoms with van der Waals surface area (Å²) < 4.78 is 16.4. The summed E-state index contributed by atoms with van der Waals surface area (Å²) in [5.41, 5.74) is 2.38. The molecule has 1 saturated heterocycles. The van der Waals surface area contributed by atoms with E-state index in [1.165, 1.54) is 0 Å². The number of morpholine rings is 1. The molecule has 0 radical (unpaired) electrons. The summed E-state index contributed by atoms with van der Waals surface area (Å²) in [6.45, 7) is 1.60. The molecule has 3 aromatic rings. The van der Waals surface area contributed by atoms with E-state index in [9.17, 15) is 4.79 Å². The molecule has 1 atom stereocenters. The summed E-state index contributed by atoms with van der Waals surface area (Å²) >= 11 is 0. The molecule has 1 amide bonds. The van der Waals surface area contributed by atoms with Gasteiger partial charge in [0.25, 0.3) is 0 Å². The highest BCUT2D eigenvalue weighted by Gasteiger charge is 2.26. The van der Waals surface area contributed by atoms with Gasteiger partial charge in [-0.15, -0.1) is 0 Å². The molecule has 0 saturated carbocycles. The Labute approximate surface area is 151 Å². The van der Waals surface area contributed by atoms with Crippen molar-refractivity contribution in [1.29, 1.82) is 0 Å². The van der Waals surface area contributed by atoms with E-state index in [2.05, 4.69) is 5.16 Å². The van der Waals surface area contributed by atoms with E-state index in [0.29, 0.717) is 31.0 Å². The number of hydrogen-bond donors (Lipinski definition) is 0. The molecule has 0 spiro atoms. The number of fused-ring (bicyclic) bond motifs is 1. The fourth-order valence-electron chi connectivity index (χ4n) is 3.24. The third-order valence-corrected chi connectivity index (χ3v) is 4.66. The summed E-state index contributed by atoms with van der Waals surface area (Å²) in [7, 11) is 1.64. The smallest absolute Gasteiger partial charge is 0.228 e. The monoisotopic (exact) mass is 352 g/mol. The van der Waals surface area contributed by atoms with Crippen LogP contribution >= 0.6 is 0 Å². The quantitative estimate of drug-likeness (QED) is 0.722. The van der Waals surface area contributed by atoms with E-state index < -0.39 is 0 Å². The van der Waals surface area contributed by atoms with Crippen LogP contribution in [0.2, 0.25) is 0 Å². The SMILES string of the molecule is COc1cccc(C2CN(C(=O)Cc3noc4ccccc34)CCO2)c1. The minimum absolute atomic E-state index is 0.0280. The van der Waals surface area contributed by atoms with E-state index in [0.717, 1.165) is 16.7 Å². The first-order valence-electron chi connectivity index (χ1n) is 8.61. The zero-order chi connectivity index (χ0) is 17.9. The predicted octanol–water partition coefficient (Wildman–Crippen LogP) is 2.98. The number of nitrogens with zero attached hydrogens (tertiary/aromatic N) is 2. The maximum atomic E-state index is 12.8.